The molecule has 1 aliphatic carbocycles. The van der Waals surface area contributed by atoms with Gasteiger partial charge >= 0.3 is 0 Å². The number of carbonyl (C=O) groups excluding carboxylic acids is 1. The fourth-order valence-corrected chi connectivity index (χ4v) is 1.98. The van der Waals surface area contributed by atoms with Gasteiger partial charge in [-0.2, -0.15) is 0 Å². The van der Waals surface area contributed by atoms with Crippen LogP contribution in [0, 0.1) is 5.41 Å². The zero-order chi connectivity index (χ0) is 12.3. The van der Waals surface area contributed by atoms with Crippen LogP contribution in [0.1, 0.15) is 29.6 Å². The van der Waals surface area contributed by atoms with Crippen molar-refractivity contribution in [2.45, 2.75) is 19.3 Å². The van der Waals surface area contributed by atoms with Gasteiger partial charge in [0.2, 0.25) is 0 Å². The van der Waals surface area contributed by atoms with Gasteiger partial charge in [0, 0.05) is 24.4 Å². The first-order chi connectivity index (χ1) is 8.15. The Morgan fingerprint density at radius 2 is 2.24 bits per heavy atom. The zero-order valence-electron chi connectivity index (χ0n) is 9.78. The summed E-state index contributed by atoms with van der Waals surface area (Å²) in [6.45, 7) is 0.829. The molecule has 1 aromatic carbocycles. The number of nitrogens with one attached hydrogen (secondary N) is 1. The minimum atomic E-state index is -0.0958. The molecule has 1 saturated carbocycles. The van der Waals surface area contributed by atoms with Crippen molar-refractivity contribution >= 4 is 11.6 Å². The summed E-state index contributed by atoms with van der Waals surface area (Å²) >= 11 is 0. The largest absolute Gasteiger partial charge is 0.399 e. The van der Waals surface area contributed by atoms with Crippen LogP contribution in [0.5, 0.6) is 0 Å². The Labute approximate surface area is 101 Å². The Morgan fingerprint density at radius 3 is 2.82 bits per heavy atom. The molecule has 1 aromatic rings. The monoisotopic (exact) mass is 234 g/mol. The van der Waals surface area contributed by atoms with Crippen molar-refractivity contribution in [3.63, 3.8) is 0 Å². The van der Waals surface area contributed by atoms with Gasteiger partial charge < -0.3 is 16.2 Å². The highest BCUT2D eigenvalue weighted by Gasteiger charge is 2.41. The number of hydrogen-bond donors (Lipinski definition) is 3. The fraction of sp³-hybridized carbons (Fsp3) is 0.462. The van der Waals surface area contributed by atoms with Crippen molar-refractivity contribution in [1.29, 1.82) is 0 Å². The SMILES string of the molecule is Nc1cccc(C(=O)NCC2(CCO)CC2)c1. The van der Waals surface area contributed by atoms with Crippen molar-refractivity contribution in [3.05, 3.63) is 29.8 Å². The Morgan fingerprint density at radius 1 is 1.47 bits per heavy atom. The Balaban J connectivity index is 1.90. The molecule has 0 radical (unpaired) electrons. The van der Waals surface area contributed by atoms with Crippen LogP contribution in [0.4, 0.5) is 5.69 Å². The predicted molar refractivity (Wildman–Crippen MR) is 66.6 cm³/mol. The molecule has 0 spiro atoms. The minimum absolute atomic E-state index is 0.0958. The molecule has 1 amide bonds. The van der Waals surface area contributed by atoms with Crippen molar-refractivity contribution in [2.75, 3.05) is 18.9 Å². The first-order valence-electron chi connectivity index (χ1n) is 5.90. The quantitative estimate of drug-likeness (QED) is 0.669. The molecule has 92 valence electrons. The molecule has 4 heteroatoms. The van der Waals surface area contributed by atoms with E-state index in [1.54, 1.807) is 24.3 Å². The maximum Gasteiger partial charge on any atom is 0.251 e. The number of aliphatic hydroxyl groups excluding tert-OH is 1. The number of nitrogens with two attached hydrogens (primary N) is 1. The van der Waals surface area contributed by atoms with Crippen LogP contribution in [-0.2, 0) is 0 Å². The van der Waals surface area contributed by atoms with Gasteiger partial charge in [-0.3, -0.25) is 4.79 Å². The van der Waals surface area contributed by atoms with Gasteiger partial charge in [-0.25, -0.2) is 0 Å². The topological polar surface area (TPSA) is 75.4 Å². The molecule has 2 rings (SSSR count). The van der Waals surface area contributed by atoms with Crippen LogP contribution in [0.3, 0.4) is 0 Å². The molecule has 0 heterocycles. The summed E-state index contributed by atoms with van der Waals surface area (Å²) in [5, 5.41) is 11.8. The number of anilines is 1. The second-order valence-electron chi connectivity index (χ2n) is 4.78. The Hall–Kier alpha value is -1.55. The molecule has 0 unspecified atom stereocenters. The lowest BCUT2D eigenvalue weighted by Crippen LogP contribution is -2.30. The molecule has 0 aromatic heterocycles. The smallest absolute Gasteiger partial charge is 0.251 e. The van der Waals surface area contributed by atoms with Gasteiger partial charge in [0.1, 0.15) is 0 Å². The molecule has 4 nitrogen and oxygen atoms in total. The van der Waals surface area contributed by atoms with E-state index in [0.29, 0.717) is 17.8 Å². The molecule has 1 fully saturated rings. The number of hydrogen-bond acceptors (Lipinski definition) is 3. The molecule has 0 saturated heterocycles. The summed E-state index contributed by atoms with van der Waals surface area (Å²) in [7, 11) is 0. The van der Waals surface area contributed by atoms with Gasteiger partial charge in [0.25, 0.3) is 5.91 Å². The number of nitrogen functional groups attached to an aromatic ring is 1. The van der Waals surface area contributed by atoms with Gasteiger partial charge in [0.15, 0.2) is 0 Å². The van der Waals surface area contributed by atoms with E-state index < -0.39 is 0 Å². The van der Waals surface area contributed by atoms with E-state index in [9.17, 15) is 4.79 Å². The highest BCUT2D eigenvalue weighted by atomic mass is 16.3. The predicted octanol–water partition coefficient (Wildman–Crippen LogP) is 1.16. The Bertz CT molecular complexity index is 414. The molecule has 0 aliphatic heterocycles. The van der Waals surface area contributed by atoms with E-state index in [1.807, 2.05) is 0 Å². The van der Waals surface area contributed by atoms with E-state index in [1.165, 1.54) is 0 Å². The van der Waals surface area contributed by atoms with Crippen molar-refractivity contribution in [1.82, 2.24) is 5.32 Å². The maximum absolute atomic E-state index is 11.8. The lowest BCUT2D eigenvalue weighted by atomic mass is 10.0. The molecule has 0 bridgehead atoms. The van der Waals surface area contributed by atoms with E-state index in [2.05, 4.69) is 5.32 Å². The normalized spacial score (nSPS) is 16.5. The summed E-state index contributed by atoms with van der Waals surface area (Å²) in [4.78, 5) is 11.8. The van der Waals surface area contributed by atoms with E-state index >= 15 is 0 Å². The number of aliphatic hydroxyl groups is 1. The summed E-state index contributed by atoms with van der Waals surface area (Å²) in [5.41, 5.74) is 6.95. The third kappa shape index (κ3) is 2.97. The molecular formula is C13H18N2O2. The van der Waals surface area contributed by atoms with Crippen LogP contribution in [-0.4, -0.2) is 24.2 Å². The van der Waals surface area contributed by atoms with Gasteiger partial charge in [-0.15, -0.1) is 0 Å². The van der Waals surface area contributed by atoms with E-state index in [0.717, 1.165) is 19.3 Å². The highest BCUT2D eigenvalue weighted by Crippen LogP contribution is 2.47. The highest BCUT2D eigenvalue weighted by molar-refractivity contribution is 5.95. The fourth-order valence-electron chi connectivity index (χ4n) is 1.98. The number of carbonyl (C=O) groups is 1. The number of amides is 1. The molecule has 1 aliphatic rings. The standard InChI is InChI=1S/C13H18N2O2/c14-11-3-1-2-10(8-11)12(17)15-9-13(4-5-13)6-7-16/h1-3,8,16H,4-7,9,14H2,(H,15,17). The molecule has 0 atom stereocenters. The summed E-state index contributed by atoms with van der Waals surface area (Å²) in [6, 6.07) is 6.94. The lowest BCUT2D eigenvalue weighted by Gasteiger charge is -2.14. The van der Waals surface area contributed by atoms with Crippen LogP contribution < -0.4 is 11.1 Å². The Kier molecular flexibility index (Phi) is 3.33. The van der Waals surface area contributed by atoms with Gasteiger partial charge in [-0.05, 0) is 42.9 Å². The van der Waals surface area contributed by atoms with E-state index in [-0.39, 0.29) is 17.9 Å². The number of rotatable bonds is 5. The minimum Gasteiger partial charge on any atom is -0.399 e. The van der Waals surface area contributed by atoms with Crippen LogP contribution in [0.25, 0.3) is 0 Å². The maximum atomic E-state index is 11.8. The van der Waals surface area contributed by atoms with Crippen LogP contribution in [0.2, 0.25) is 0 Å². The summed E-state index contributed by atoms with van der Waals surface area (Å²) in [5.74, 6) is -0.0958. The van der Waals surface area contributed by atoms with Crippen LogP contribution in [0.15, 0.2) is 24.3 Å². The summed E-state index contributed by atoms with van der Waals surface area (Å²) in [6.07, 6.45) is 2.94. The van der Waals surface area contributed by atoms with Gasteiger partial charge in [0.05, 0.1) is 0 Å². The average molecular weight is 234 g/mol. The molecular weight excluding hydrogens is 216 g/mol. The molecule has 17 heavy (non-hydrogen) atoms. The van der Waals surface area contributed by atoms with Crippen LogP contribution >= 0.6 is 0 Å². The first-order valence-corrected chi connectivity index (χ1v) is 5.90. The second-order valence-corrected chi connectivity index (χ2v) is 4.78. The summed E-state index contributed by atoms with van der Waals surface area (Å²) < 4.78 is 0. The number of benzene rings is 1. The van der Waals surface area contributed by atoms with Gasteiger partial charge in [-0.1, -0.05) is 6.07 Å². The lowest BCUT2D eigenvalue weighted by molar-refractivity contribution is 0.0941. The average Bonchev–Trinajstić information content (AvgIpc) is 3.07. The van der Waals surface area contributed by atoms with Crippen molar-refractivity contribution in [2.24, 2.45) is 5.41 Å². The zero-order valence-corrected chi connectivity index (χ0v) is 9.78. The van der Waals surface area contributed by atoms with Crippen molar-refractivity contribution in [3.8, 4) is 0 Å². The van der Waals surface area contributed by atoms with E-state index in [4.69, 9.17) is 10.8 Å². The van der Waals surface area contributed by atoms with Crippen molar-refractivity contribution < 1.29 is 9.90 Å². The first kappa shape index (κ1) is 11.9. The third-order valence-corrected chi connectivity index (χ3v) is 3.37. The second kappa shape index (κ2) is 4.75. The molecule has 4 N–H and O–H groups in total. The third-order valence-electron chi connectivity index (χ3n) is 3.37.